The molecule has 110 valence electrons. The molecule has 1 atom stereocenters. The molecule has 1 unspecified atom stereocenters. The van der Waals surface area contributed by atoms with Gasteiger partial charge < -0.3 is 15.2 Å². The van der Waals surface area contributed by atoms with Gasteiger partial charge in [0.25, 0.3) is 0 Å². The van der Waals surface area contributed by atoms with Crippen LogP contribution < -0.4 is 5.73 Å². The fourth-order valence-corrected chi connectivity index (χ4v) is 2.17. The highest BCUT2D eigenvalue weighted by Gasteiger charge is 2.21. The van der Waals surface area contributed by atoms with Crippen molar-refractivity contribution in [2.75, 3.05) is 38.6 Å². The van der Waals surface area contributed by atoms with E-state index in [1.807, 2.05) is 0 Å². The van der Waals surface area contributed by atoms with E-state index in [9.17, 15) is 4.79 Å². The maximum absolute atomic E-state index is 12.0. The lowest BCUT2D eigenvalue weighted by Gasteiger charge is -2.31. The number of hydrogen-bond acceptors (Lipinski definition) is 6. The molecular weight excluding hydrogens is 258 g/mol. The van der Waals surface area contributed by atoms with Gasteiger partial charge in [-0.2, -0.15) is 0 Å². The number of nitrogens with zero attached hydrogens (tertiary/aromatic N) is 2. The minimum absolute atomic E-state index is 0.0676. The largest absolute Gasteiger partial charge is 0.459 e. The molecule has 6 nitrogen and oxygen atoms in total. The van der Waals surface area contributed by atoms with Gasteiger partial charge in [-0.15, -0.1) is 0 Å². The van der Waals surface area contributed by atoms with Gasteiger partial charge in [0.15, 0.2) is 0 Å². The zero-order valence-corrected chi connectivity index (χ0v) is 12.0. The van der Waals surface area contributed by atoms with E-state index in [1.54, 1.807) is 13.0 Å². The number of esters is 1. The van der Waals surface area contributed by atoms with Crippen LogP contribution in [0.5, 0.6) is 0 Å². The molecule has 0 aromatic carbocycles. The molecule has 0 aliphatic carbocycles. The summed E-state index contributed by atoms with van der Waals surface area (Å²) in [6.07, 6.45) is 1.46. The molecule has 0 amide bonds. The molecule has 2 rings (SSSR count). The number of morpholine rings is 1. The van der Waals surface area contributed by atoms with Crippen molar-refractivity contribution in [1.29, 1.82) is 0 Å². The van der Waals surface area contributed by atoms with Crippen LogP contribution in [-0.2, 0) is 9.47 Å². The van der Waals surface area contributed by atoms with E-state index < -0.39 is 5.97 Å². The van der Waals surface area contributed by atoms with Gasteiger partial charge in [-0.05, 0) is 19.5 Å². The Balaban J connectivity index is 1.90. The third-order valence-corrected chi connectivity index (χ3v) is 3.40. The van der Waals surface area contributed by atoms with E-state index in [0.717, 1.165) is 19.6 Å². The maximum Gasteiger partial charge on any atom is 0.340 e. The molecule has 1 fully saturated rings. The van der Waals surface area contributed by atoms with Crippen LogP contribution >= 0.6 is 0 Å². The topological polar surface area (TPSA) is 77.7 Å². The minimum Gasteiger partial charge on any atom is -0.459 e. The Morgan fingerprint density at radius 2 is 2.45 bits per heavy atom. The molecule has 1 saturated heterocycles. The lowest BCUT2D eigenvalue weighted by atomic mass is 10.2. The number of rotatable bonds is 4. The van der Waals surface area contributed by atoms with Crippen LogP contribution in [0, 0.1) is 6.92 Å². The van der Waals surface area contributed by atoms with Crippen LogP contribution in [0.3, 0.4) is 0 Å². The lowest BCUT2D eigenvalue weighted by molar-refractivity contribution is -0.0578. The molecule has 1 aliphatic heterocycles. The number of nitrogens with two attached hydrogens (primary N) is 1. The van der Waals surface area contributed by atoms with Gasteiger partial charge in [-0.3, -0.25) is 9.88 Å². The molecule has 0 spiro atoms. The summed E-state index contributed by atoms with van der Waals surface area (Å²) in [5, 5.41) is 0. The van der Waals surface area contributed by atoms with Gasteiger partial charge in [0, 0.05) is 13.1 Å². The number of aryl methyl sites for hydroxylation is 1. The Morgan fingerprint density at radius 3 is 3.20 bits per heavy atom. The van der Waals surface area contributed by atoms with Crippen LogP contribution in [0.4, 0.5) is 5.69 Å². The first-order chi connectivity index (χ1) is 9.60. The fourth-order valence-electron chi connectivity index (χ4n) is 2.17. The number of aromatic nitrogens is 1. The number of nitrogen functional groups attached to an aromatic ring is 1. The zero-order chi connectivity index (χ0) is 14.5. The Kier molecular flexibility index (Phi) is 4.92. The molecule has 1 aliphatic rings. The number of ether oxygens (including phenoxy) is 2. The summed E-state index contributed by atoms with van der Waals surface area (Å²) in [6.45, 7) is 7.49. The summed E-state index contributed by atoms with van der Waals surface area (Å²) in [7, 11) is 0. The smallest absolute Gasteiger partial charge is 0.340 e. The molecule has 2 N–H and O–H groups in total. The van der Waals surface area contributed by atoms with Crippen molar-refractivity contribution in [3.05, 3.63) is 23.5 Å². The summed E-state index contributed by atoms with van der Waals surface area (Å²) >= 11 is 0. The van der Waals surface area contributed by atoms with Crippen LogP contribution in [0.1, 0.15) is 23.0 Å². The summed E-state index contributed by atoms with van der Waals surface area (Å²) in [5.41, 5.74) is 7.12. The van der Waals surface area contributed by atoms with Gasteiger partial charge in [0.05, 0.1) is 29.7 Å². The summed E-state index contributed by atoms with van der Waals surface area (Å²) in [6, 6.07) is 1.59. The average Bonchev–Trinajstić information content (AvgIpc) is 2.47. The highest BCUT2D eigenvalue weighted by molar-refractivity contribution is 5.91. The molecule has 1 aromatic heterocycles. The van der Waals surface area contributed by atoms with Gasteiger partial charge in [-0.25, -0.2) is 4.79 Å². The van der Waals surface area contributed by atoms with Gasteiger partial charge in [0.2, 0.25) is 0 Å². The summed E-state index contributed by atoms with van der Waals surface area (Å²) < 4.78 is 10.9. The zero-order valence-electron chi connectivity index (χ0n) is 12.0. The lowest BCUT2D eigenvalue weighted by Crippen LogP contribution is -2.44. The highest BCUT2D eigenvalue weighted by Crippen LogP contribution is 2.12. The first kappa shape index (κ1) is 14.7. The molecule has 0 saturated carbocycles. The summed E-state index contributed by atoms with van der Waals surface area (Å²) in [5.74, 6) is -0.403. The highest BCUT2D eigenvalue weighted by atomic mass is 16.6. The van der Waals surface area contributed by atoms with Crippen molar-refractivity contribution in [1.82, 2.24) is 9.88 Å². The molecular formula is C14H21N3O3. The third-order valence-electron chi connectivity index (χ3n) is 3.40. The summed E-state index contributed by atoms with van der Waals surface area (Å²) in [4.78, 5) is 18.4. The molecule has 0 radical (unpaired) electrons. The Labute approximate surface area is 118 Å². The van der Waals surface area contributed by atoms with Crippen LogP contribution in [0.15, 0.2) is 12.3 Å². The van der Waals surface area contributed by atoms with Gasteiger partial charge in [-0.1, -0.05) is 6.92 Å². The number of pyridine rings is 1. The van der Waals surface area contributed by atoms with Crippen molar-refractivity contribution in [3.8, 4) is 0 Å². The van der Waals surface area contributed by atoms with Crippen molar-refractivity contribution in [2.24, 2.45) is 0 Å². The maximum atomic E-state index is 12.0. The number of anilines is 1. The van der Waals surface area contributed by atoms with Crippen LogP contribution in [0.25, 0.3) is 0 Å². The second kappa shape index (κ2) is 6.67. The number of carbonyl (C=O) groups is 1. The average molecular weight is 279 g/mol. The molecule has 2 heterocycles. The monoisotopic (exact) mass is 279 g/mol. The first-order valence-electron chi connectivity index (χ1n) is 6.83. The fraction of sp³-hybridized carbons (Fsp3) is 0.571. The first-order valence-corrected chi connectivity index (χ1v) is 6.83. The Hall–Kier alpha value is -1.66. The van der Waals surface area contributed by atoms with Crippen LogP contribution in [0.2, 0.25) is 0 Å². The standard InChI is InChI=1S/C14H21N3O3/c1-3-17-4-5-19-12(8-17)9-20-14(18)13-6-11(15)7-16-10(13)2/h6-7,12H,3-5,8-9,15H2,1-2H3. The predicted octanol–water partition coefficient (Wildman–Crippen LogP) is 0.850. The van der Waals surface area contributed by atoms with Gasteiger partial charge in [0.1, 0.15) is 12.7 Å². The van der Waals surface area contributed by atoms with E-state index in [4.69, 9.17) is 15.2 Å². The molecule has 20 heavy (non-hydrogen) atoms. The second-order valence-electron chi connectivity index (χ2n) is 4.89. The number of carbonyl (C=O) groups excluding carboxylic acids is 1. The predicted molar refractivity (Wildman–Crippen MR) is 75.5 cm³/mol. The van der Waals surface area contributed by atoms with E-state index in [2.05, 4.69) is 16.8 Å². The van der Waals surface area contributed by atoms with E-state index in [1.165, 1.54) is 6.20 Å². The normalized spacial score (nSPS) is 19.8. The number of hydrogen-bond donors (Lipinski definition) is 1. The van der Waals surface area contributed by atoms with E-state index in [-0.39, 0.29) is 12.7 Å². The van der Waals surface area contributed by atoms with Crippen molar-refractivity contribution in [2.45, 2.75) is 20.0 Å². The Morgan fingerprint density at radius 1 is 1.65 bits per heavy atom. The molecule has 0 bridgehead atoms. The van der Waals surface area contributed by atoms with Crippen molar-refractivity contribution >= 4 is 11.7 Å². The molecule has 1 aromatic rings. The molecule has 6 heteroatoms. The van der Waals surface area contributed by atoms with Crippen LogP contribution in [-0.4, -0.2) is 54.8 Å². The van der Waals surface area contributed by atoms with Crippen molar-refractivity contribution in [3.63, 3.8) is 0 Å². The quantitative estimate of drug-likeness (QED) is 0.823. The number of likely N-dealkylation sites (N-methyl/N-ethyl adjacent to an activating group) is 1. The minimum atomic E-state index is -0.403. The Bertz CT molecular complexity index is 479. The second-order valence-corrected chi connectivity index (χ2v) is 4.89. The van der Waals surface area contributed by atoms with Crippen molar-refractivity contribution < 1.29 is 14.3 Å². The third kappa shape index (κ3) is 3.68. The SMILES string of the molecule is CCN1CCOC(COC(=O)c2cc(N)cnc2C)C1. The van der Waals surface area contributed by atoms with E-state index >= 15 is 0 Å². The van der Waals surface area contributed by atoms with E-state index in [0.29, 0.717) is 23.6 Å². The van der Waals surface area contributed by atoms with Gasteiger partial charge >= 0.3 is 5.97 Å².